The van der Waals surface area contributed by atoms with Crippen molar-refractivity contribution in [2.75, 3.05) is 23.9 Å². The van der Waals surface area contributed by atoms with Gasteiger partial charge in [0, 0.05) is 24.7 Å². The van der Waals surface area contributed by atoms with Crippen LogP contribution in [0, 0.1) is 0 Å². The first kappa shape index (κ1) is 14.4. The highest BCUT2D eigenvalue weighted by Crippen LogP contribution is 2.32. The summed E-state index contributed by atoms with van der Waals surface area (Å²) < 4.78 is 5.83. The molecule has 1 aliphatic heterocycles. The molecule has 0 radical (unpaired) electrons. The zero-order valence-electron chi connectivity index (χ0n) is 11.6. The summed E-state index contributed by atoms with van der Waals surface area (Å²) in [4.78, 5) is 6.93. The van der Waals surface area contributed by atoms with Gasteiger partial charge in [-0.1, -0.05) is 6.92 Å². The van der Waals surface area contributed by atoms with Gasteiger partial charge in [0.25, 0.3) is 0 Å². The molecule has 1 saturated heterocycles. The maximum absolute atomic E-state index is 5.93. The summed E-state index contributed by atoms with van der Waals surface area (Å²) in [6.07, 6.45) is 7.60. The van der Waals surface area contributed by atoms with Crippen molar-refractivity contribution in [3.8, 4) is 5.75 Å². The maximum atomic E-state index is 5.93. The minimum Gasteiger partial charge on any atom is -0.490 e. The molecule has 2 rings (SSSR count). The van der Waals surface area contributed by atoms with Crippen LogP contribution in [-0.2, 0) is 0 Å². The Morgan fingerprint density at radius 2 is 2.37 bits per heavy atom. The number of halogens is 1. The average Bonchev–Trinajstić information content (AvgIpc) is 2.46. The number of nitrogens with zero attached hydrogens (tertiary/aromatic N) is 2. The molecule has 1 fully saturated rings. The molecule has 1 unspecified atom stereocenters. The lowest BCUT2D eigenvalue weighted by Gasteiger charge is -2.37. The van der Waals surface area contributed by atoms with Gasteiger partial charge >= 0.3 is 0 Å². The number of alkyl halides is 1. The molecule has 0 aliphatic carbocycles. The van der Waals surface area contributed by atoms with Gasteiger partial charge in [-0.25, -0.2) is 4.98 Å². The first-order valence-electron chi connectivity index (χ1n) is 7.27. The Labute approximate surface area is 120 Å². The number of anilines is 1. The van der Waals surface area contributed by atoms with Crippen LogP contribution in [0.4, 0.5) is 5.82 Å². The van der Waals surface area contributed by atoms with Crippen LogP contribution in [0.5, 0.6) is 5.75 Å². The third-order valence-electron chi connectivity index (χ3n) is 3.55. The van der Waals surface area contributed by atoms with Crippen molar-refractivity contribution in [2.24, 2.45) is 0 Å². The Bertz CT molecular complexity index is 384. The summed E-state index contributed by atoms with van der Waals surface area (Å²) in [5, 5.41) is 0. The molecule has 4 heteroatoms. The van der Waals surface area contributed by atoms with Crippen LogP contribution in [0.1, 0.15) is 39.0 Å². The molecule has 0 bridgehead atoms. The Balaban J connectivity index is 2.17. The fraction of sp³-hybridized carbons (Fsp3) is 0.667. The topological polar surface area (TPSA) is 25.4 Å². The van der Waals surface area contributed by atoms with Crippen molar-refractivity contribution < 1.29 is 4.74 Å². The standard InChI is InChI=1S/C15H23ClN2O/c1-2-12-19-14-7-5-10-17-15(14)18-11-4-3-6-13(18)8-9-16/h5,7,10,13H,2-4,6,8-9,11-12H2,1H3. The van der Waals surface area contributed by atoms with Crippen LogP contribution in [0.15, 0.2) is 18.3 Å². The summed E-state index contributed by atoms with van der Waals surface area (Å²) in [6.45, 7) is 3.92. The second kappa shape index (κ2) is 7.59. The van der Waals surface area contributed by atoms with Gasteiger partial charge in [0.1, 0.15) is 0 Å². The summed E-state index contributed by atoms with van der Waals surface area (Å²) in [5.74, 6) is 2.61. The first-order valence-corrected chi connectivity index (χ1v) is 7.80. The molecule has 3 nitrogen and oxygen atoms in total. The van der Waals surface area contributed by atoms with Crippen molar-refractivity contribution in [3.05, 3.63) is 18.3 Å². The lowest BCUT2D eigenvalue weighted by atomic mass is 10.00. The van der Waals surface area contributed by atoms with Gasteiger partial charge in [-0.05, 0) is 44.2 Å². The van der Waals surface area contributed by atoms with E-state index < -0.39 is 0 Å². The average molecular weight is 283 g/mol. The van der Waals surface area contributed by atoms with E-state index in [-0.39, 0.29) is 0 Å². The lowest BCUT2D eigenvalue weighted by molar-refractivity contribution is 0.314. The van der Waals surface area contributed by atoms with Gasteiger partial charge in [0.05, 0.1) is 6.61 Å². The van der Waals surface area contributed by atoms with Gasteiger partial charge in [0.2, 0.25) is 0 Å². The van der Waals surface area contributed by atoms with E-state index in [9.17, 15) is 0 Å². The smallest absolute Gasteiger partial charge is 0.171 e. The summed E-state index contributed by atoms with van der Waals surface area (Å²) in [5.41, 5.74) is 0. The highest BCUT2D eigenvalue weighted by Gasteiger charge is 2.25. The van der Waals surface area contributed by atoms with E-state index in [1.54, 1.807) is 0 Å². The zero-order chi connectivity index (χ0) is 13.5. The molecule has 2 heterocycles. The van der Waals surface area contributed by atoms with E-state index in [1.165, 1.54) is 19.3 Å². The maximum Gasteiger partial charge on any atom is 0.171 e. The second-order valence-corrected chi connectivity index (χ2v) is 5.37. The molecule has 19 heavy (non-hydrogen) atoms. The number of piperidine rings is 1. The van der Waals surface area contributed by atoms with Gasteiger partial charge in [-0.3, -0.25) is 0 Å². The van der Waals surface area contributed by atoms with E-state index >= 15 is 0 Å². The van der Waals surface area contributed by atoms with Gasteiger partial charge < -0.3 is 9.64 Å². The van der Waals surface area contributed by atoms with Crippen LogP contribution < -0.4 is 9.64 Å². The molecule has 1 aromatic heterocycles. The molecule has 0 saturated carbocycles. The van der Waals surface area contributed by atoms with Gasteiger partial charge in [0.15, 0.2) is 11.6 Å². The van der Waals surface area contributed by atoms with Crippen LogP contribution in [-0.4, -0.2) is 30.1 Å². The predicted octanol–water partition coefficient (Wildman–Crippen LogP) is 3.86. The van der Waals surface area contributed by atoms with E-state index in [2.05, 4.69) is 16.8 Å². The van der Waals surface area contributed by atoms with Crippen molar-refractivity contribution in [3.63, 3.8) is 0 Å². The van der Waals surface area contributed by atoms with Crippen LogP contribution in [0.3, 0.4) is 0 Å². The fourth-order valence-electron chi connectivity index (χ4n) is 2.63. The van der Waals surface area contributed by atoms with Crippen LogP contribution in [0.25, 0.3) is 0 Å². The quantitative estimate of drug-likeness (QED) is 0.741. The summed E-state index contributed by atoms with van der Waals surface area (Å²) in [6, 6.07) is 4.46. The minimum atomic E-state index is 0.505. The number of pyridine rings is 1. The van der Waals surface area contributed by atoms with E-state index in [0.29, 0.717) is 11.9 Å². The van der Waals surface area contributed by atoms with Gasteiger partial charge in [-0.15, -0.1) is 11.6 Å². The minimum absolute atomic E-state index is 0.505. The monoisotopic (exact) mass is 282 g/mol. The molecule has 0 amide bonds. The second-order valence-electron chi connectivity index (χ2n) is 4.99. The van der Waals surface area contributed by atoms with Crippen molar-refractivity contribution in [1.82, 2.24) is 4.98 Å². The number of hydrogen-bond donors (Lipinski definition) is 0. The Morgan fingerprint density at radius 1 is 1.47 bits per heavy atom. The van der Waals surface area contributed by atoms with Crippen molar-refractivity contribution in [2.45, 2.75) is 45.1 Å². The number of ether oxygens (including phenoxy) is 1. The lowest BCUT2D eigenvalue weighted by Crippen LogP contribution is -2.40. The van der Waals surface area contributed by atoms with Crippen LogP contribution in [0.2, 0.25) is 0 Å². The fourth-order valence-corrected chi connectivity index (χ4v) is 2.88. The number of hydrogen-bond acceptors (Lipinski definition) is 3. The Morgan fingerprint density at radius 3 is 3.16 bits per heavy atom. The normalized spacial score (nSPS) is 19.5. The molecule has 1 aromatic rings. The van der Waals surface area contributed by atoms with E-state index in [1.807, 2.05) is 18.3 Å². The molecule has 1 aliphatic rings. The molecule has 0 spiro atoms. The zero-order valence-corrected chi connectivity index (χ0v) is 12.4. The number of aromatic nitrogens is 1. The molecule has 106 valence electrons. The largest absolute Gasteiger partial charge is 0.490 e. The molecule has 0 aromatic carbocycles. The number of rotatable bonds is 6. The molecular weight excluding hydrogens is 260 g/mol. The highest BCUT2D eigenvalue weighted by atomic mass is 35.5. The molecule has 0 N–H and O–H groups in total. The SMILES string of the molecule is CCCOc1cccnc1N1CCCCC1CCCl. The third kappa shape index (κ3) is 3.75. The molecule has 1 atom stereocenters. The first-order chi connectivity index (χ1) is 9.36. The summed E-state index contributed by atoms with van der Waals surface area (Å²) >= 11 is 5.93. The predicted molar refractivity (Wildman–Crippen MR) is 80.3 cm³/mol. The Hall–Kier alpha value is -0.960. The Kier molecular flexibility index (Phi) is 5.77. The van der Waals surface area contributed by atoms with E-state index in [0.717, 1.165) is 37.6 Å². The van der Waals surface area contributed by atoms with Gasteiger partial charge in [-0.2, -0.15) is 0 Å². The molecular formula is C15H23ClN2O. The third-order valence-corrected chi connectivity index (χ3v) is 3.77. The van der Waals surface area contributed by atoms with Crippen molar-refractivity contribution >= 4 is 17.4 Å². The van der Waals surface area contributed by atoms with E-state index in [4.69, 9.17) is 16.3 Å². The van der Waals surface area contributed by atoms with Crippen molar-refractivity contribution in [1.29, 1.82) is 0 Å². The van der Waals surface area contributed by atoms with Crippen LogP contribution >= 0.6 is 11.6 Å². The summed E-state index contributed by atoms with van der Waals surface area (Å²) in [7, 11) is 0. The highest BCUT2D eigenvalue weighted by molar-refractivity contribution is 6.17.